The number of nitrogens with two attached hydrogens (primary N) is 1. The summed E-state index contributed by atoms with van der Waals surface area (Å²) in [7, 11) is 1.44. The summed E-state index contributed by atoms with van der Waals surface area (Å²) in [6.45, 7) is 1.29. The molecule has 3 aromatic rings. The molecule has 0 spiro atoms. The topological polar surface area (TPSA) is 120 Å². The zero-order chi connectivity index (χ0) is 23.5. The van der Waals surface area contributed by atoms with E-state index >= 15 is 0 Å². The van der Waals surface area contributed by atoms with Gasteiger partial charge in [0.1, 0.15) is 17.2 Å². The van der Waals surface area contributed by atoms with E-state index in [2.05, 4.69) is 19.7 Å². The molecule has 0 aliphatic rings. The smallest absolute Gasteiger partial charge is 0.496 e. The minimum atomic E-state index is -4.84. The first-order valence-electron chi connectivity index (χ1n) is 9.31. The van der Waals surface area contributed by atoms with E-state index in [-0.39, 0.29) is 29.4 Å². The molecule has 0 saturated heterocycles. The van der Waals surface area contributed by atoms with Crippen molar-refractivity contribution in [3.8, 4) is 34.1 Å². The molecule has 0 saturated carbocycles. The fourth-order valence-electron chi connectivity index (χ4n) is 3.10. The van der Waals surface area contributed by atoms with Crippen LogP contribution in [0.5, 0.6) is 11.5 Å². The van der Waals surface area contributed by atoms with Gasteiger partial charge in [0.25, 0.3) is 5.91 Å². The highest BCUT2D eigenvalue weighted by molar-refractivity contribution is 5.95. The minimum Gasteiger partial charge on any atom is -0.496 e. The zero-order valence-electron chi connectivity index (χ0n) is 17.1. The Kier molecular flexibility index (Phi) is 6.58. The number of hydrogen-bond donors (Lipinski definition) is 2. The number of rotatable bonds is 7. The molecule has 0 aliphatic heterocycles. The van der Waals surface area contributed by atoms with Crippen molar-refractivity contribution in [2.75, 3.05) is 13.7 Å². The van der Waals surface area contributed by atoms with E-state index in [1.54, 1.807) is 13.0 Å². The number of amides is 1. The first kappa shape index (κ1) is 22.9. The summed E-state index contributed by atoms with van der Waals surface area (Å²) >= 11 is 0. The van der Waals surface area contributed by atoms with Gasteiger partial charge in [-0.25, -0.2) is 9.97 Å². The predicted octanol–water partition coefficient (Wildman–Crippen LogP) is 3.31. The number of hydrogen-bond acceptors (Lipinski definition) is 7. The lowest BCUT2D eigenvalue weighted by Crippen LogP contribution is -2.20. The van der Waals surface area contributed by atoms with Crippen LogP contribution in [0, 0.1) is 0 Å². The summed E-state index contributed by atoms with van der Waals surface area (Å²) in [5.74, 6) is -1.41. The molecule has 2 heterocycles. The molecule has 168 valence electrons. The normalized spacial score (nSPS) is 12.3. The van der Waals surface area contributed by atoms with Crippen LogP contribution in [0.1, 0.15) is 28.9 Å². The second-order valence-corrected chi connectivity index (χ2v) is 6.75. The van der Waals surface area contributed by atoms with Crippen molar-refractivity contribution in [2.45, 2.75) is 19.2 Å². The van der Waals surface area contributed by atoms with Gasteiger partial charge in [0, 0.05) is 36.0 Å². The SMILES string of the molecule is COc1ccncc1-c1nc(C(N)=O)c([C@H](C)CO)c(-c2ccc(OC(F)(F)F)cc2)n1. The summed E-state index contributed by atoms with van der Waals surface area (Å²) in [6.07, 6.45) is -1.89. The molecule has 1 amide bonds. The van der Waals surface area contributed by atoms with E-state index in [1.807, 2.05) is 0 Å². The first-order chi connectivity index (χ1) is 15.1. The van der Waals surface area contributed by atoms with Gasteiger partial charge in [-0.3, -0.25) is 9.78 Å². The predicted molar refractivity (Wildman–Crippen MR) is 108 cm³/mol. The Morgan fingerprint density at radius 2 is 1.88 bits per heavy atom. The fourth-order valence-corrected chi connectivity index (χ4v) is 3.10. The van der Waals surface area contributed by atoms with Gasteiger partial charge in [-0.2, -0.15) is 0 Å². The summed E-state index contributed by atoms with van der Waals surface area (Å²) in [5, 5.41) is 9.72. The molecule has 3 N–H and O–H groups in total. The van der Waals surface area contributed by atoms with Crippen molar-refractivity contribution in [1.29, 1.82) is 0 Å². The number of carbonyl (C=O) groups excluding carboxylic acids is 1. The molecule has 32 heavy (non-hydrogen) atoms. The lowest BCUT2D eigenvalue weighted by Gasteiger charge is -2.19. The third-order valence-corrected chi connectivity index (χ3v) is 4.55. The van der Waals surface area contributed by atoms with Crippen LogP contribution in [0.25, 0.3) is 22.6 Å². The van der Waals surface area contributed by atoms with Crippen molar-refractivity contribution in [3.63, 3.8) is 0 Å². The summed E-state index contributed by atoms with van der Waals surface area (Å²) in [5.41, 5.74) is 6.65. The molecule has 0 aliphatic carbocycles. The number of alkyl halides is 3. The Bertz CT molecular complexity index is 1120. The highest BCUT2D eigenvalue weighted by Gasteiger charge is 2.31. The third kappa shape index (κ3) is 4.94. The number of primary amides is 1. The number of aliphatic hydroxyl groups is 1. The van der Waals surface area contributed by atoms with Crippen LogP contribution in [0.2, 0.25) is 0 Å². The summed E-state index contributed by atoms with van der Waals surface area (Å²) in [4.78, 5) is 25.1. The van der Waals surface area contributed by atoms with Crippen LogP contribution in [-0.4, -0.2) is 46.0 Å². The van der Waals surface area contributed by atoms with E-state index in [1.165, 1.54) is 31.6 Å². The number of carbonyl (C=O) groups is 1. The number of ether oxygens (including phenoxy) is 2. The average Bonchev–Trinajstić information content (AvgIpc) is 2.77. The molecule has 0 radical (unpaired) electrons. The molecule has 0 fully saturated rings. The van der Waals surface area contributed by atoms with Gasteiger partial charge in [-0.05, 0) is 30.3 Å². The van der Waals surface area contributed by atoms with E-state index in [4.69, 9.17) is 10.5 Å². The number of halogens is 3. The van der Waals surface area contributed by atoms with Crippen LogP contribution < -0.4 is 15.2 Å². The molecule has 3 rings (SSSR count). The average molecular weight is 448 g/mol. The Balaban J connectivity index is 2.24. The van der Waals surface area contributed by atoms with Crippen molar-refractivity contribution >= 4 is 5.91 Å². The maximum absolute atomic E-state index is 12.5. The van der Waals surface area contributed by atoms with Crippen LogP contribution in [0.4, 0.5) is 13.2 Å². The van der Waals surface area contributed by atoms with Gasteiger partial charge < -0.3 is 20.3 Å². The van der Waals surface area contributed by atoms with Crippen LogP contribution in [0.3, 0.4) is 0 Å². The van der Waals surface area contributed by atoms with Gasteiger partial charge in [0.15, 0.2) is 5.82 Å². The molecule has 0 bridgehead atoms. The second kappa shape index (κ2) is 9.18. The molecular formula is C21H19F3N4O4. The first-order valence-corrected chi connectivity index (χ1v) is 9.31. The lowest BCUT2D eigenvalue weighted by molar-refractivity contribution is -0.274. The maximum atomic E-state index is 12.5. The monoisotopic (exact) mass is 448 g/mol. The number of nitrogens with zero attached hydrogens (tertiary/aromatic N) is 3. The van der Waals surface area contributed by atoms with E-state index in [0.29, 0.717) is 16.9 Å². The molecule has 0 unspecified atom stereocenters. The minimum absolute atomic E-state index is 0.0725. The number of pyridine rings is 1. The Morgan fingerprint density at radius 1 is 1.19 bits per heavy atom. The molecular weight excluding hydrogens is 429 g/mol. The highest BCUT2D eigenvalue weighted by atomic mass is 19.4. The molecule has 1 aromatic carbocycles. The lowest BCUT2D eigenvalue weighted by atomic mass is 9.93. The standard InChI is InChI=1S/C21H19F3N4O4/c1-11(10-29)16-17(12-3-5-13(6-4-12)32-21(22,23)24)27-20(28-18(16)19(25)30)14-9-26-8-7-15(14)31-2/h3-9,11,29H,10H2,1-2H3,(H2,25,30)/t11-/m1/s1. The molecule has 2 aromatic heterocycles. The van der Waals surface area contributed by atoms with Crippen molar-refractivity contribution in [2.24, 2.45) is 5.73 Å². The van der Waals surface area contributed by atoms with Gasteiger partial charge in [-0.15, -0.1) is 13.2 Å². The summed E-state index contributed by atoms with van der Waals surface area (Å²) in [6, 6.07) is 6.52. The van der Waals surface area contributed by atoms with Gasteiger partial charge >= 0.3 is 6.36 Å². The quantitative estimate of drug-likeness (QED) is 0.569. The molecule has 11 heteroatoms. The van der Waals surface area contributed by atoms with Gasteiger partial charge in [0.2, 0.25) is 0 Å². The third-order valence-electron chi connectivity index (χ3n) is 4.55. The van der Waals surface area contributed by atoms with Crippen molar-refractivity contribution in [3.05, 3.63) is 54.0 Å². The second-order valence-electron chi connectivity index (χ2n) is 6.75. The zero-order valence-corrected chi connectivity index (χ0v) is 17.1. The van der Waals surface area contributed by atoms with Crippen LogP contribution >= 0.6 is 0 Å². The number of methoxy groups -OCH3 is 1. The number of aromatic nitrogens is 3. The van der Waals surface area contributed by atoms with Gasteiger partial charge in [0.05, 0.1) is 18.4 Å². The molecule has 1 atom stereocenters. The Hall–Kier alpha value is -3.73. The van der Waals surface area contributed by atoms with Crippen molar-refractivity contribution in [1.82, 2.24) is 15.0 Å². The number of benzene rings is 1. The highest BCUT2D eigenvalue weighted by Crippen LogP contribution is 2.35. The van der Waals surface area contributed by atoms with Crippen LogP contribution in [0.15, 0.2) is 42.7 Å². The van der Waals surface area contributed by atoms with E-state index in [0.717, 1.165) is 12.1 Å². The van der Waals surface area contributed by atoms with Gasteiger partial charge in [-0.1, -0.05) is 6.92 Å². The number of aliphatic hydroxyl groups excluding tert-OH is 1. The fraction of sp³-hybridized carbons (Fsp3) is 0.238. The Morgan fingerprint density at radius 3 is 2.44 bits per heavy atom. The maximum Gasteiger partial charge on any atom is 0.573 e. The van der Waals surface area contributed by atoms with E-state index in [9.17, 15) is 23.1 Å². The van der Waals surface area contributed by atoms with Crippen LogP contribution in [-0.2, 0) is 0 Å². The summed E-state index contributed by atoms with van der Waals surface area (Å²) < 4.78 is 46.7. The Labute approximate surface area is 180 Å². The van der Waals surface area contributed by atoms with E-state index < -0.39 is 23.9 Å². The molecule has 8 nitrogen and oxygen atoms in total. The largest absolute Gasteiger partial charge is 0.573 e. The van der Waals surface area contributed by atoms with Crippen molar-refractivity contribution < 1.29 is 32.5 Å².